The summed E-state index contributed by atoms with van der Waals surface area (Å²) in [6.45, 7) is 3.59. The Morgan fingerprint density at radius 3 is 2.69 bits per heavy atom. The number of carbonyl (C=O) groups is 1. The second-order valence-corrected chi connectivity index (χ2v) is 7.73. The fourth-order valence-corrected chi connectivity index (χ4v) is 3.47. The molecule has 136 valence electrons. The molecule has 0 fully saturated rings. The third-order valence-electron chi connectivity index (χ3n) is 3.71. The van der Waals surface area contributed by atoms with Crippen molar-refractivity contribution in [3.63, 3.8) is 0 Å². The molecule has 0 amide bonds. The van der Waals surface area contributed by atoms with Crippen molar-refractivity contribution in [3.05, 3.63) is 36.2 Å². The van der Waals surface area contributed by atoms with Crippen LogP contribution in [-0.4, -0.2) is 45.4 Å². The molecule has 3 aromatic rings. The molecule has 26 heavy (non-hydrogen) atoms. The number of rotatable bonds is 8. The van der Waals surface area contributed by atoms with Crippen molar-refractivity contribution in [3.8, 4) is 0 Å². The van der Waals surface area contributed by atoms with Crippen molar-refractivity contribution in [2.24, 2.45) is 5.92 Å². The van der Waals surface area contributed by atoms with Crippen LogP contribution in [0.2, 0.25) is 0 Å². The van der Waals surface area contributed by atoms with E-state index in [2.05, 4.69) is 32.5 Å². The highest BCUT2D eigenvalue weighted by molar-refractivity contribution is 7.98. The van der Waals surface area contributed by atoms with E-state index in [1.807, 2.05) is 6.26 Å². The second kappa shape index (κ2) is 8.33. The van der Waals surface area contributed by atoms with Crippen molar-refractivity contribution in [2.45, 2.75) is 11.8 Å². The van der Waals surface area contributed by atoms with Crippen LogP contribution in [0.4, 0.5) is 11.1 Å². The number of hydrogen-bond donors (Lipinski definition) is 3. The topological polar surface area (TPSA) is 100 Å². The summed E-state index contributed by atoms with van der Waals surface area (Å²) in [6.07, 6.45) is 5.59. The second-order valence-electron chi connectivity index (χ2n) is 5.82. The number of benzene rings is 1. The average Bonchev–Trinajstić information content (AvgIpc) is 3.07. The van der Waals surface area contributed by atoms with Crippen molar-refractivity contribution >= 4 is 50.4 Å². The van der Waals surface area contributed by atoms with Gasteiger partial charge in [0.2, 0.25) is 5.95 Å². The number of aromatic carboxylic acids is 1. The Morgan fingerprint density at radius 1 is 1.27 bits per heavy atom. The molecule has 2 aromatic heterocycles. The molecule has 3 N–H and O–H groups in total. The van der Waals surface area contributed by atoms with E-state index in [9.17, 15) is 4.79 Å². The predicted octanol–water partition coefficient (Wildman–Crippen LogP) is 3.67. The third-order valence-corrected chi connectivity index (χ3v) is 5.37. The van der Waals surface area contributed by atoms with Gasteiger partial charge in [-0.2, -0.15) is 0 Å². The number of nitrogens with one attached hydrogen (secondary N) is 2. The molecule has 1 aromatic carbocycles. The Balaban J connectivity index is 1.52. The highest BCUT2D eigenvalue weighted by atomic mass is 32.2. The molecule has 0 saturated carbocycles. The monoisotopic (exact) mass is 389 g/mol. The van der Waals surface area contributed by atoms with Gasteiger partial charge < -0.3 is 15.7 Å². The van der Waals surface area contributed by atoms with E-state index in [0.29, 0.717) is 11.9 Å². The van der Waals surface area contributed by atoms with E-state index in [1.165, 1.54) is 11.3 Å². The van der Waals surface area contributed by atoms with Crippen LogP contribution < -0.4 is 10.6 Å². The molecule has 0 spiro atoms. The van der Waals surface area contributed by atoms with Gasteiger partial charge >= 0.3 is 5.97 Å². The SMILES string of the molecule is CSc1cnc(NCC(C)CNc2nc3ccc(C(=O)O)cc3s2)nc1. The van der Waals surface area contributed by atoms with E-state index in [0.717, 1.165) is 33.3 Å². The summed E-state index contributed by atoms with van der Waals surface area (Å²) >= 11 is 3.07. The molecule has 0 aliphatic heterocycles. The van der Waals surface area contributed by atoms with Crippen LogP contribution in [-0.2, 0) is 0 Å². The minimum absolute atomic E-state index is 0.276. The van der Waals surface area contributed by atoms with Gasteiger partial charge in [0.25, 0.3) is 0 Å². The largest absolute Gasteiger partial charge is 0.478 e. The van der Waals surface area contributed by atoms with Gasteiger partial charge in [0.05, 0.1) is 15.8 Å². The average molecular weight is 390 g/mol. The number of thiazole rings is 1. The summed E-state index contributed by atoms with van der Waals surface area (Å²) in [5, 5.41) is 16.4. The third kappa shape index (κ3) is 4.61. The Hall–Kier alpha value is -2.39. The van der Waals surface area contributed by atoms with Gasteiger partial charge in [-0.1, -0.05) is 18.3 Å². The molecule has 1 unspecified atom stereocenters. The molecule has 0 radical (unpaired) electrons. The summed E-state index contributed by atoms with van der Waals surface area (Å²) < 4.78 is 0.862. The maximum Gasteiger partial charge on any atom is 0.335 e. The zero-order valence-corrected chi connectivity index (χ0v) is 16.0. The number of fused-ring (bicyclic) bond motifs is 1. The van der Waals surface area contributed by atoms with Gasteiger partial charge in [0, 0.05) is 30.4 Å². The molecule has 2 heterocycles. The highest BCUT2D eigenvalue weighted by Crippen LogP contribution is 2.27. The van der Waals surface area contributed by atoms with Crippen LogP contribution in [0, 0.1) is 5.92 Å². The molecular formula is C17H19N5O2S2. The molecule has 0 saturated heterocycles. The van der Waals surface area contributed by atoms with Gasteiger partial charge in [-0.05, 0) is 30.4 Å². The van der Waals surface area contributed by atoms with Crippen molar-refractivity contribution in [1.29, 1.82) is 0 Å². The van der Waals surface area contributed by atoms with Crippen molar-refractivity contribution in [2.75, 3.05) is 30.0 Å². The lowest BCUT2D eigenvalue weighted by Crippen LogP contribution is -2.20. The van der Waals surface area contributed by atoms with E-state index in [1.54, 1.807) is 42.4 Å². The Morgan fingerprint density at radius 2 is 2.00 bits per heavy atom. The van der Waals surface area contributed by atoms with Crippen molar-refractivity contribution in [1.82, 2.24) is 15.0 Å². The van der Waals surface area contributed by atoms with Gasteiger partial charge in [0.15, 0.2) is 5.13 Å². The molecule has 0 aliphatic carbocycles. The number of aromatic nitrogens is 3. The first-order valence-electron chi connectivity index (χ1n) is 8.03. The fourth-order valence-electron chi connectivity index (χ4n) is 2.25. The van der Waals surface area contributed by atoms with E-state index in [-0.39, 0.29) is 5.56 Å². The molecular weight excluding hydrogens is 370 g/mol. The first kappa shape index (κ1) is 18.4. The zero-order chi connectivity index (χ0) is 18.5. The predicted molar refractivity (Wildman–Crippen MR) is 107 cm³/mol. The summed E-state index contributed by atoms with van der Waals surface area (Å²) in [4.78, 5) is 25.1. The Labute approximate surface area is 159 Å². The Kier molecular flexibility index (Phi) is 5.89. The van der Waals surface area contributed by atoms with Crippen LogP contribution in [0.15, 0.2) is 35.5 Å². The number of hydrogen-bond acceptors (Lipinski definition) is 8. The quantitative estimate of drug-likeness (QED) is 0.502. The lowest BCUT2D eigenvalue weighted by atomic mass is 10.2. The van der Waals surface area contributed by atoms with E-state index >= 15 is 0 Å². The molecule has 3 rings (SSSR count). The first-order valence-corrected chi connectivity index (χ1v) is 10.1. The smallest absolute Gasteiger partial charge is 0.335 e. The molecule has 7 nitrogen and oxygen atoms in total. The summed E-state index contributed by atoms with van der Waals surface area (Å²) in [5.74, 6) is 0.0264. The van der Waals surface area contributed by atoms with Crippen LogP contribution in [0.5, 0.6) is 0 Å². The van der Waals surface area contributed by atoms with Gasteiger partial charge in [-0.25, -0.2) is 19.7 Å². The van der Waals surface area contributed by atoms with Crippen LogP contribution in [0.25, 0.3) is 10.2 Å². The summed E-state index contributed by atoms with van der Waals surface area (Å²) in [7, 11) is 0. The van der Waals surface area contributed by atoms with E-state index < -0.39 is 5.97 Å². The highest BCUT2D eigenvalue weighted by Gasteiger charge is 2.09. The summed E-state index contributed by atoms with van der Waals surface area (Å²) in [5.41, 5.74) is 1.08. The lowest BCUT2D eigenvalue weighted by Gasteiger charge is -2.13. The lowest BCUT2D eigenvalue weighted by molar-refractivity contribution is 0.0697. The fraction of sp³-hybridized carbons (Fsp3) is 0.294. The molecule has 9 heteroatoms. The van der Waals surface area contributed by atoms with Crippen LogP contribution in [0.1, 0.15) is 17.3 Å². The van der Waals surface area contributed by atoms with Crippen LogP contribution in [0.3, 0.4) is 0 Å². The van der Waals surface area contributed by atoms with E-state index in [4.69, 9.17) is 5.11 Å². The Bertz CT molecular complexity index is 898. The number of nitrogens with zero attached hydrogens (tertiary/aromatic N) is 3. The standard InChI is InChI=1S/C17H19N5O2S2/c1-10(6-18-16-19-8-12(25-2)9-20-16)7-21-17-22-13-4-3-11(15(23)24)5-14(13)26-17/h3-5,8-10H,6-7H2,1-2H3,(H,21,22)(H,23,24)(H,18,19,20). The normalized spacial score (nSPS) is 12.1. The summed E-state index contributed by atoms with van der Waals surface area (Å²) in [6, 6.07) is 4.96. The molecule has 0 bridgehead atoms. The molecule has 0 aliphatic rings. The number of carboxylic acid groups (broad SMARTS) is 1. The zero-order valence-electron chi connectivity index (χ0n) is 14.4. The first-order chi connectivity index (χ1) is 12.5. The van der Waals surface area contributed by atoms with Crippen molar-refractivity contribution < 1.29 is 9.90 Å². The minimum atomic E-state index is -0.928. The number of carboxylic acids is 1. The number of anilines is 2. The van der Waals surface area contributed by atoms with Gasteiger partial charge in [-0.15, -0.1) is 11.8 Å². The number of thioether (sulfide) groups is 1. The van der Waals surface area contributed by atoms with Gasteiger partial charge in [-0.3, -0.25) is 0 Å². The van der Waals surface area contributed by atoms with Crippen LogP contribution >= 0.6 is 23.1 Å². The molecule has 1 atom stereocenters. The maximum absolute atomic E-state index is 11.0. The maximum atomic E-state index is 11.0. The van der Waals surface area contributed by atoms with Gasteiger partial charge in [0.1, 0.15) is 0 Å². The minimum Gasteiger partial charge on any atom is -0.478 e.